The fourth-order valence-electron chi connectivity index (χ4n) is 3.36. The van der Waals surface area contributed by atoms with Gasteiger partial charge in [-0.2, -0.15) is 5.26 Å². The number of nitriles is 1. The van der Waals surface area contributed by atoms with Gasteiger partial charge in [0, 0.05) is 34.8 Å². The Kier molecular flexibility index (Phi) is 2.88. The number of carbonyl (C=O) groups excluding carboxylic acids is 1. The Bertz CT molecular complexity index is 933. The number of nitrogens with zero attached hydrogens (tertiary/aromatic N) is 2. The third-order valence-corrected chi connectivity index (χ3v) is 4.39. The molecule has 0 bridgehead atoms. The van der Waals surface area contributed by atoms with E-state index in [0.717, 1.165) is 22.5 Å². The Labute approximate surface area is 133 Å². The molecule has 1 aromatic carbocycles. The van der Waals surface area contributed by atoms with Crippen LogP contribution in [0.25, 0.3) is 5.70 Å². The Morgan fingerprint density at radius 3 is 2.65 bits per heavy atom. The van der Waals surface area contributed by atoms with Gasteiger partial charge in [-0.05, 0) is 18.6 Å². The first-order valence-electron chi connectivity index (χ1n) is 7.38. The molecule has 2 aromatic rings. The molecule has 0 fully saturated rings. The summed E-state index contributed by atoms with van der Waals surface area (Å²) in [6, 6.07) is 13.6. The minimum Gasteiger partial charge on any atom is -0.357 e. The largest absolute Gasteiger partial charge is 0.357 e. The second-order valence-electron chi connectivity index (χ2n) is 5.66. The molecule has 23 heavy (non-hydrogen) atoms. The summed E-state index contributed by atoms with van der Waals surface area (Å²) in [6.07, 6.45) is 3.41. The van der Waals surface area contributed by atoms with Crippen molar-refractivity contribution < 1.29 is 4.79 Å². The molecule has 4 rings (SSSR count). The molecule has 0 spiro atoms. The van der Waals surface area contributed by atoms with E-state index in [1.54, 1.807) is 12.4 Å². The standard InChI is InChI=1S/C19H13N3O/c1-11-15(9-20)16(12-5-4-8-21-10-12)17-18(22-11)13-6-2-3-7-14(13)19(17)23/h2-8,10,16,22H,1H3/t16-/m0/s1. The number of dihydropyridines is 1. The number of pyridine rings is 1. The molecule has 1 aliphatic carbocycles. The lowest BCUT2D eigenvalue weighted by Crippen LogP contribution is -2.24. The molecule has 110 valence electrons. The first-order chi connectivity index (χ1) is 11.2. The van der Waals surface area contributed by atoms with Crippen LogP contribution in [0, 0.1) is 11.3 Å². The van der Waals surface area contributed by atoms with Gasteiger partial charge in [0.05, 0.1) is 23.3 Å². The maximum absolute atomic E-state index is 12.9. The van der Waals surface area contributed by atoms with Crippen LogP contribution in [0.15, 0.2) is 65.6 Å². The second-order valence-corrected chi connectivity index (χ2v) is 5.66. The number of fused-ring (bicyclic) bond motifs is 2. The van der Waals surface area contributed by atoms with E-state index in [2.05, 4.69) is 16.4 Å². The van der Waals surface area contributed by atoms with Gasteiger partial charge in [0.2, 0.25) is 0 Å². The molecule has 1 aromatic heterocycles. The number of hydrogen-bond donors (Lipinski definition) is 1. The monoisotopic (exact) mass is 299 g/mol. The van der Waals surface area contributed by atoms with E-state index in [1.807, 2.05) is 43.3 Å². The van der Waals surface area contributed by atoms with Crippen molar-refractivity contribution in [3.8, 4) is 6.07 Å². The molecule has 4 heteroatoms. The highest BCUT2D eigenvalue weighted by molar-refractivity contribution is 6.22. The average molecular weight is 299 g/mol. The third kappa shape index (κ3) is 1.84. The fourth-order valence-corrected chi connectivity index (χ4v) is 3.36. The van der Waals surface area contributed by atoms with Gasteiger partial charge in [-0.3, -0.25) is 9.78 Å². The van der Waals surface area contributed by atoms with Crippen molar-refractivity contribution >= 4 is 11.5 Å². The highest BCUT2D eigenvalue weighted by Crippen LogP contribution is 2.45. The Balaban J connectivity index is 1.97. The zero-order valence-corrected chi connectivity index (χ0v) is 12.5. The van der Waals surface area contributed by atoms with Crippen LogP contribution < -0.4 is 5.32 Å². The summed E-state index contributed by atoms with van der Waals surface area (Å²) in [6.45, 7) is 1.87. The van der Waals surface area contributed by atoms with E-state index in [-0.39, 0.29) is 11.7 Å². The van der Waals surface area contributed by atoms with Crippen molar-refractivity contribution in [3.63, 3.8) is 0 Å². The molecule has 4 nitrogen and oxygen atoms in total. The van der Waals surface area contributed by atoms with E-state index in [1.165, 1.54) is 0 Å². The van der Waals surface area contributed by atoms with E-state index < -0.39 is 0 Å². The highest BCUT2D eigenvalue weighted by atomic mass is 16.1. The van der Waals surface area contributed by atoms with Gasteiger partial charge in [0.1, 0.15) is 0 Å². The molecular formula is C19H13N3O. The van der Waals surface area contributed by atoms with Crippen LogP contribution in [0.1, 0.15) is 34.3 Å². The Morgan fingerprint density at radius 1 is 1.17 bits per heavy atom. The number of ketones is 1. The molecule has 0 unspecified atom stereocenters. The molecular weight excluding hydrogens is 286 g/mol. The topological polar surface area (TPSA) is 65.8 Å². The van der Waals surface area contributed by atoms with Gasteiger partial charge in [0.15, 0.2) is 5.78 Å². The lowest BCUT2D eigenvalue weighted by Gasteiger charge is -2.26. The molecule has 0 saturated carbocycles. The first kappa shape index (κ1) is 13.5. The quantitative estimate of drug-likeness (QED) is 0.878. The SMILES string of the molecule is CC1=C(C#N)[C@H](c2cccnc2)C2=C(N1)c1ccccc1C2=O. The second kappa shape index (κ2) is 4.92. The van der Waals surface area contributed by atoms with Crippen molar-refractivity contribution in [1.82, 2.24) is 10.3 Å². The van der Waals surface area contributed by atoms with Crippen LogP contribution >= 0.6 is 0 Å². The maximum Gasteiger partial charge on any atom is 0.192 e. The molecule has 1 atom stereocenters. The van der Waals surface area contributed by atoms with Crippen molar-refractivity contribution in [2.45, 2.75) is 12.8 Å². The molecule has 0 saturated heterocycles. The van der Waals surface area contributed by atoms with Crippen molar-refractivity contribution in [1.29, 1.82) is 5.26 Å². The maximum atomic E-state index is 12.9. The lowest BCUT2D eigenvalue weighted by molar-refractivity contribution is 0.103. The van der Waals surface area contributed by atoms with Gasteiger partial charge in [0.25, 0.3) is 0 Å². The van der Waals surface area contributed by atoms with E-state index >= 15 is 0 Å². The number of nitrogens with one attached hydrogen (secondary N) is 1. The van der Waals surface area contributed by atoms with E-state index in [0.29, 0.717) is 16.7 Å². The van der Waals surface area contributed by atoms with Gasteiger partial charge in [-0.25, -0.2) is 0 Å². The molecule has 2 aliphatic rings. The van der Waals surface area contributed by atoms with Crippen LogP contribution in [0.3, 0.4) is 0 Å². The summed E-state index contributed by atoms with van der Waals surface area (Å²) in [4.78, 5) is 17.1. The number of aromatic nitrogens is 1. The summed E-state index contributed by atoms with van der Waals surface area (Å²) < 4.78 is 0. The third-order valence-electron chi connectivity index (χ3n) is 4.39. The van der Waals surface area contributed by atoms with E-state index in [9.17, 15) is 10.1 Å². The van der Waals surface area contributed by atoms with Crippen LogP contribution in [0.4, 0.5) is 0 Å². The summed E-state index contributed by atoms with van der Waals surface area (Å²) >= 11 is 0. The van der Waals surface area contributed by atoms with Gasteiger partial charge in [-0.1, -0.05) is 30.3 Å². The Hall–Kier alpha value is -3.19. The number of carbonyl (C=O) groups is 1. The molecule has 0 radical (unpaired) electrons. The van der Waals surface area contributed by atoms with Gasteiger partial charge >= 0.3 is 0 Å². The zero-order chi connectivity index (χ0) is 16.0. The number of rotatable bonds is 1. The zero-order valence-electron chi connectivity index (χ0n) is 12.5. The molecule has 1 aliphatic heterocycles. The van der Waals surface area contributed by atoms with Crippen LogP contribution in [0.2, 0.25) is 0 Å². The summed E-state index contributed by atoms with van der Waals surface area (Å²) in [7, 11) is 0. The minimum atomic E-state index is -0.371. The van der Waals surface area contributed by atoms with Crippen molar-refractivity contribution in [2.75, 3.05) is 0 Å². The fraction of sp³-hybridized carbons (Fsp3) is 0.105. The summed E-state index contributed by atoms with van der Waals surface area (Å²) in [5.74, 6) is -0.387. The van der Waals surface area contributed by atoms with Crippen LogP contribution in [0.5, 0.6) is 0 Å². The minimum absolute atomic E-state index is 0.0165. The predicted molar refractivity (Wildman–Crippen MR) is 86.1 cm³/mol. The highest BCUT2D eigenvalue weighted by Gasteiger charge is 2.40. The van der Waals surface area contributed by atoms with Gasteiger partial charge in [-0.15, -0.1) is 0 Å². The Morgan fingerprint density at radius 2 is 1.96 bits per heavy atom. The van der Waals surface area contributed by atoms with Crippen molar-refractivity contribution in [2.24, 2.45) is 0 Å². The molecule has 2 heterocycles. The number of allylic oxidation sites excluding steroid dienone is 3. The van der Waals surface area contributed by atoms with Gasteiger partial charge < -0.3 is 5.32 Å². The molecule has 0 amide bonds. The summed E-state index contributed by atoms with van der Waals surface area (Å²) in [5, 5.41) is 12.9. The lowest BCUT2D eigenvalue weighted by atomic mass is 9.81. The van der Waals surface area contributed by atoms with Crippen LogP contribution in [-0.4, -0.2) is 10.8 Å². The average Bonchev–Trinajstić information content (AvgIpc) is 2.87. The predicted octanol–water partition coefficient (Wildman–Crippen LogP) is 3.17. The smallest absolute Gasteiger partial charge is 0.192 e. The van der Waals surface area contributed by atoms with Crippen molar-refractivity contribution in [3.05, 3.63) is 82.3 Å². The number of benzene rings is 1. The normalized spacial score (nSPS) is 19.1. The number of Topliss-reactive ketones (excluding diaryl/α,β-unsaturated/α-hetero) is 1. The number of hydrogen-bond acceptors (Lipinski definition) is 4. The van der Waals surface area contributed by atoms with Crippen LogP contribution in [-0.2, 0) is 0 Å². The van der Waals surface area contributed by atoms with E-state index in [4.69, 9.17) is 0 Å². The summed E-state index contributed by atoms with van der Waals surface area (Å²) in [5.41, 5.74) is 5.25. The molecule has 1 N–H and O–H groups in total. The first-order valence-corrected chi connectivity index (χ1v) is 7.38.